The summed E-state index contributed by atoms with van der Waals surface area (Å²) in [5, 5.41) is 9.70. The normalized spacial score (nSPS) is 40.6. The van der Waals surface area contributed by atoms with Gasteiger partial charge >= 0.3 is 5.97 Å². The van der Waals surface area contributed by atoms with Crippen LogP contribution in [-0.2, 0) is 9.53 Å². The number of aliphatic hydroxyl groups is 1. The summed E-state index contributed by atoms with van der Waals surface area (Å²) in [7, 11) is 1.41. The Bertz CT molecular complexity index is 282. The van der Waals surface area contributed by atoms with Gasteiger partial charge in [-0.25, -0.2) is 4.79 Å². The van der Waals surface area contributed by atoms with Crippen molar-refractivity contribution in [1.82, 2.24) is 0 Å². The van der Waals surface area contributed by atoms with Crippen molar-refractivity contribution in [2.45, 2.75) is 25.9 Å². The second-order valence-corrected chi connectivity index (χ2v) is 4.32. The summed E-state index contributed by atoms with van der Waals surface area (Å²) in [6.07, 6.45) is 3.35. The van der Waals surface area contributed by atoms with E-state index in [0.717, 1.165) is 12.0 Å². The van der Waals surface area contributed by atoms with Crippen molar-refractivity contribution in [2.24, 2.45) is 17.8 Å². The molecule has 1 saturated carbocycles. The Morgan fingerprint density at radius 1 is 1.64 bits per heavy atom. The van der Waals surface area contributed by atoms with Crippen molar-refractivity contribution in [3.05, 3.63) is 11.6 Å². The number of esters is 1. The van der Waals surface area contributed by atoms with Gasteiger partial charge in [0.1, 0.15) is 0 Å². The number of rotatable bonds is 1. The summed E-state index contributed by atoms with van der Waals surface area (Å²) in [6, 6.07) is 0. The van der Waals surface area contributed by atoms with Crippen LogP contribution in [0.3, 0.4) is 0 Å². The van der Waals surface area contributed by atoms with E-state index in [-0.39, 0.29) is 18.0 Å². The molecule has 0 aromatic carbocycles. The van der Waals surface area contributed by atoms with Crippen molar-refractivity contribution in [3.63, 3.8) is 0 Å². The smallest absolute Gasteiger partial charge is 0.333 e. The summed E-state index contributed by atoms with van der Waals surface area (Å²) in [5.41, 5.74) is 0.779. The van der Waals surface area contributed by atoms with Gasteiger partial charge in [-0.1, -0.05) is 13.0 Å². The Kier molecular flexibility index (Phi) is 2.35. The lowest BCUT2D eigenvalue weighted by Gasteiger charge is -2.15. The number of carbonyl (C=O) groups is 1. The summed E-state index contributed by atoms with van der Waals surface area (Å²) >= 11 is 0. The molecular weight excluding hydrogens is 180 g/mol. The molecule has 0 aromatic rings. The standard InChI is InChI=1S/C11H16O3/c1-6-7-3-4-8(11(13)14-2)9(7)5-10(6)12/h4,6-7,9-10,12H,3,5H2,1-2H3/t6-,7-,9+,10-/m0/s1. The molecule has 0 unspecified atom stereocenters. The molecule has 2 aliphatic rings. The van der Waals surface area contributed by atoms with Crippen LogP contribution in [0.15, 0.2) is 11.6 Å². The van der Waals surface area contributed by atoms with Crippen LogP contribution >= 0.6 is 0 Å². The van der Waals surface area contributed by atoms with E-state index in [2.05, 4.69) is 6.92 Å². The number of methoxy groups -OCH3 is 1. The molecule has 4 atom stereocenters. The first-order chi connectivity index (χ1) is 6.65. The highest BCUT2D eigenvalue weighted by Gasteiger charge is 2.45. The quantitative estimate of drug-likeness (QED) is 0.639. The molecule has 78 valence electrons. The lowest BCUT2D eigenvalue weighted by molar-refractivity contribution is -0.136. The number of ether oxygens (including phenoxy) is 1. The van der Waals surface area contributed by atoms with Gasteiger partial charge in [0.25, 0.3) is 0 Å². The van der Waals surface area contributed by atoms with E-state index in [4.69, 9.17) is 4.74 Å². The fourth-order valence-corrected chi connectivity index (χ4v) is 2.80. The molecule has 0 bridgehead atoms. The second kappa shape index (κ2) is 3.39. The first-order valence-corrected chi connectivity index (χ1v) is 5.11. The van der Waals surface area contributed by atoms with Gasteiger partial charge in [0, 0.05) is 5.57 Å². The Hall–Kier alpha value is -0.830. The van der Waals surface area contributed by atoms with Crippen LogP contribution in [0.1, 0.15) is 19.8 Å². The van der Waals surface area contributed by atoms with E-state index in [1.54, 1.807) is 0 Å². The molecule has 0 radical (unpaired) electrons. The number of hydrogen-bond acceptors (Lipinski definition) is 3. The maximum atomic E-state index is 11.4. The van der Waals surface area contributed by atoms with Crippen LogP contribution in [-0.4, -0.2) is 24.3 Å². The van der Waals surface area contributed by atoms with Crippen LogP contribution in [0.25, 0.3) is 0 Å². The minimum atomic E-state index is -0.252. The summed E-state index contributed by atoms with van der Waals surface area (Å²) in [5.74, 6) is 0.753. The predicted molar refractivity (Wildman–Crippen MR) is 51.5 cm³/mol. The second-order valence-electron chi connectivity index (χ2n) is 4.32. The van der Waals surface area contributed by atoms with Gasteiger partial charge < -0.3 is 9.84 Å². The average molecular weight is 196 g/mol. The highest BCUT2D eigenvalue weighted by molar-refractivity contribution is 5.89. The number of hydrogen-bond donors (Lipinski definition) is 1. The van der Waals surface area contributed by atoms with E-state index < -0.39 is 0 Å². The summed E-state index contributed by atoms with van der Waals surface area (Å²) in [6.45, 7) is 2.06. The molecule has 0 aromatic heterocycles. The molecule has 3 nitrogen and oxygen atoms in total. The first kappa shape index (κ1) is 9.71. The largest absolute Gasteiger partial charge is 0.466 e. The monoisotopic (exact) mass is 196 g/mol. The third kappa shape index (κ3) is 1.27. The van der Waals surface area contributed by atoms with Gasteiger partial charge in [0.15, 0.2) is 0 Å². The molecule has 2 aliphatic carbocycles. The molecular formula is C11H16O3. The Labute approximate surface area is 83.8 Å². The number of allylic oxidation sites excluding steroid dienone is 1. The zero-order chi connectivity index (χ0) is 10.3. The first-order valence-electron chi connectivity index (χ1n) is 5.11. The van der Waals surface area contributed by atoms with Crippen LogP contribution < -0.4 is 0 Å². The van der Waals surface area contributed by atoms with Crippen molar-refractivity contribution < 1.29 is 14.6 Å². The molecule has 14 heavy (non-hydrogen) atoms. The highest BCUT2D eigenvalue weighted by Crippen LogP contribution is 2.47. The summed E-state index contributed by atoms with van der Waals surface area (Å²) < 4.78 is 4.72. The van der Waals surface area contributed by atoms with E-state index >= 15 is 0 Å². The average Bonchev–Trinajstić information content (AvgIpc) is 2.69. The molecule has 1 fully saturated rings. The van der Waals surface area contributed by atoms with Crippen LogP contribution in [0.5, 0.6) is 0 Å². The molecule has 0 spiro atoms. The highest BCUT2D eigenvalue weighted by atomic mass is 16.5. The molecule has 0 amide bonds. The topological polar surface area (TPSA) is 46.5 Å². The number of fused-ring (bicyclic) bond motifs is 1. The molecule has 2 rings (SSSR count). The third-order valence-corrected chi connectivity index (χ3v) is 3.73. The third-order valence-electron chi connectivity index (χ3n) is 3.73. The maximum absolute atomic E-state index is 11.4. The minimum absolute atomic E-state index is 0.223. The Morgan fingerprint density at radius 3 is 3.00 bits per heavy atom. The molecule has 0 heterocycles. The maximum Gasteiger partial charge on any atom is 0.333 e. The van der Waals surface area contributed by atoms with Crippen LogP contribution in [0.2, 0.25) is 0 Å². The van der Waals surface area contributed by atoms with Gasteiger partial charge in [-0.15, -0.1) is 0 Å². The number of aliphatic hydroxyl groups excluding tert-OH is 1. The van der Waals surface area contributed by atoms with Gasteiger partial charge in [-0.05, 0) is 30.6 Å². The van der Waals surface area contributed by atoms with Gasteiger partial charge in [0.05, 0.1) is 13.2 Å². The van der Waals surface area contributed by atoms with Crippen molar-refractivity contribution in [1.29, 1.82) is 0 Å². The molecule has 0 aliphatic heterocycles. The van der Waals surface area contributed by atoms with Gasteiger partial charge in [-0.3, -0.25) is 0 Å². The van der Waals surface area contributed by atoms with Crippen molar-refractivity contribution >= 4 is 5.97 Å². The fourth-order valence-electron chi connectivity index (χ4n) is 2.80. The molecule has 3 heteroatoms. The van der Waals surface area contributed by atoms with E-state index in [9.17, 15) is 9.90 Å². The van der Waals surface area contributed by atoms with Crippen molar-refractivity contribution in [2.75, 3.05) is 7.11 Å². The van der Waals surface area contributed by atoms with Crippen LogP contribution in [0, 0.1) is 17.8 Å². The zero-order valence-electron chi connectivity index (χ0n) is 8.56. The summed E-state index contributed by atoms with van der Waals surface area (Å²) in [4.78, 5) is 11.4. The molecule has 1 N–H and O–H groups in total. The predicted octanol–water partition coefficient (Wildman–Crippen LogP) is 1.12. The van der Waals surface area contributed by atoms with Gasteiger partial charge in [-0.2, -0.15) is 0 Å². The molecule has 0 saturated heterocycles. The van der Waals surface area contributed by atoms with Crippen LogP contribution in [0.4, 0.5) is 0 Å². The fraction of sp³-hybridized carbons (Fsp3) is 0.727. The lowest BCUT2D eigenvalue weighted by atomic mass is 9.90. The Morgan fingerprint density at radius 2 is 2.36 bits per heavy atom. The number of carbonyl (C=O) groups excluding carboxylic acids is 1. The van der Waals surface area contributed by atoms with E-state index in [1.165, 1.54) is 7.11 Å². The SMILES string of the molecule is COC(=O)C1=CC[C@H]2[C@H](C)[C@@H](O)C[C@@H]12. The van der Waals surface area contributed by atoms with Gasteiger partial charge in [0.2, 0.25) is 0 Å². The van der Waals surface area contributed by atoms with E-state index in [1.807, 2.05) is 6.08 Å². The van der Waals surface area contributed by atoms with Crippen molar-refractivity contribution in [3.8, 4) is 0 Å². The Balaban J connectivity index is 2.15. The zero-order valence-corrected chi connectivity index (χ0v) is 8.56. The van der Waals surface area contributed by atoms with E-state index in [0.29, 0.717) is 18.3 Å². The lowest BCUT2D eigenvalue weighted by Crippen LogP contribution is -2.15. The minimum Gasteiger partial charge on any atom is -0.466 e.